The summed E-state index contributed by atoms with van der Waals surface area (Å²) >= 11 is 0. The molecular weight excluding hydrogens is 352 g/mol. The van der Waals surface area contributed by atoms with E-state index in [-0.39, 0.29) is 11.8 Å². The highest BCUT2D eigenvalue weighted by Gasteiger charge is 2.26. The molecule has 3 aromatic rings. The van der Waals surface area contributed by atoms with Gasteiger partial charge in [0.2, 0.25) is 5.88 Å². The molecule has 1 unspecified atom stereocenters. The van der Waals surface area contributed by atoms with Crippen LogP contribution in [-0.4, -0.2) is 38.8 Å². The van der Waals surface area contributed by atoms with Gasteiger partial charge in [-0.15, -0.1) is 0 Å². The number of hydrogen-bond donors (Lipinski definition) is 0. The topological polar surface area (TPSA) is 68.2 Å². The Morgan fingerprint density at radius 2 is 1.93 bits per heavy atom. The quantitative estimate of drug-likeness (QED) is 0.691. The molecule has 1 fully saturated rings. The van der Waals surface area contributed by atoms with E-state index < -0.39 is 0 Å². The normalized spacial score (nSPS) is 16.6. The molecule has 1 saturated heterocycles. The molecule has 0 spiro atoms. The third kappa shape index (κ3) is 4.01. The minimum atomic E-state index is 0.0346. The molecule has 1 aliphatic rings. The van der Waals surface area contributed by atoms with Crippen LogP contribution in [-0.2, 0) is 0 Å². The van der Waals surface area contributed by atoms with Crippen LogP contribution in [0.1, 0.15) is 40.4 Å². The monoisotopic (exact) mass is 374 g/mol. The van der Waals surface area contributed by atoms with Crippen molar-refractivity contribution in [1.29, 1.82) is 0 Å². The Balaban J connectivity index is 1.49. The van der Waals surface area contributed by atoms with Gasteiger partial charge in [0.1, 0.15) is 5.75 Å². The van der Waals surface area contributed by atoms with Crippen LogP contribution < -0.4 is 4.74 Å². The lowest BCUT2D eigenvalue weighted by atomic mass is 9.94. The number of amides is 1. The molecule has 0 N–H and O–H groups in total. The molecule has 0 aliphatic carbocycles. The highest BCUT2D eigenvalue weighted by atomic mass is 16.5. The number of carbonyl (C=O) groups excluding carboxylic acids is 1. The maximum absolute atomic E-state index is 12.8. The number of aromatic nitrogens is 3. The Morgan fingerprint density at radius 3 is 2.75 bits per heavy atom. The second-order valence-corrected chi connectivity index (χ2v) is 6.98. The molecule has 0 saturated carbocycles. The number of pyridine rings is 1. The number of para-hydroxylation sites is 1. The highest BCUT2D eigenvalue weighted by Crippen LogP contribution is 2.29. The van der Waals surface area contributed by atoms with Gasteiger partial charge in [-0.1, -0.05) is 18.2 Å². The van der Waals surface area contributed by atoms with Crippen molar-refractivity contribution in [2.75, 3.05) is 13.1 Å². The van der Waals surface area contributed by atoms with Gasteiger partial charge in [0.25, 0.3) is 5.91 Å². The highest BCUT2D eigenvalue weighted by molar-refractivity contribution is 5.94. The zero-order valence-corrected chi connectivity index (χ0v) is 15.8. The molecule has 28 heavy (non-hydrogen) atoms. The summed E-state index contributed by atoms with van der Waals surface area (Å²) in [6, 6.07) is 11.3. The van der Waals surface area contributed by atoms with E-state index in [9.17, 15) is 4.79 Å². The number of carbonyl (C=O) groups is 1. The van der Waals surface area contributed by atoms with Gasteiger partial charge >= 0.3 is 0 Å². The van der Waals surface area contributed by atoms with Gasteiger partial charge in [-0.3, -0.25) is 14.8 Å². The minimum Gasteiger partial charge on any atom is -0.437 e. The van der Waals surface area contributed by atoms with Crippen LogP contribution in [0.2, 0.25) is 0 Å². The first-order valence-corrected chi connectivity index (χ1v) is 9.45. The fourth-order valence-corrected chi connectivity index (χ4v) is 3.47. The van der Waals surface area contributed by atoms with Crippen LogP contribution in [0.25, 0.3) is 0 Å². The summed E-state index contributed by atoms with van der Waals surface area (Å²) in [6.45, 7) is 3.38. The summed E-state index contributed by atoms with van der Waals surface area (Å²) in [7, 11) is 0. The van der Waals surface area contributed by atoms with Crippen LogP contribution in [0.5, 0.6) is 11.6 Å². The van der Waals surface area contributed by atoms with Gasteiger partial charge in [0.15, 0.2) is 0 Å². The average molecular weight is 374 g/mol. The number of ether oxygens (including phenoxy) is 1. The van der Waals surface area contributed by atoms with Crippen LogP contribution in [0.4, 0.5) is 0 Å². The molecule has 1 amide bonds. The maximum atomic E-state index is 12.8. The Morgan fingerprint density at radius 1 is 1.11 bits per heavy atom. The molecule has 6 nitrogen and oxygen atoms in total. The van der Waals surface area contributed by atoms with Crippen molar-refractivity contribution in [2.45, 2.75) is 25.7 Å². The van der Waals surface area contributed by atoms with Crippen LogP contribution in [0.3, 0.4) is 0 Å². The number of aryl methyl sites for hydroxylation is 1. The number of rotatable bonds is 4. The molecule has 4 rings (SSSR count). The summed E-state index contributed by atoms with van der Waals surface area (Å²) in [5, 5.41) is 0. The number of hydrogen-bond acceptors (Lipinski definition) is 5. The van der Waals surface area contributed by atoms with Crippen molar-refractivity contribution in [3.63, 3.8) is 0 Å². The zero-order chi connectivity index (χ0) is 19.3. The van der Waals surface area contributed by atoms with Gasteiger partial charge in [-0.25, -0.2) is 4.98 Å². The van der Waals surface area contributed by atoms with E-state index in [1.807, 2.05) is 36.1 Å². The SMILES string of the molecule is Cc1ccccc1Oc1cncc(C2CCCN(C(=O)c3ccncc3)C2)n1. The van der Waals surface area contributed by atoms with Crippen LogP contribution in [0, 0.1) is 6.92 Å². The molecule has 1 aliphatic heterocycles. The third-order valence-corrected chi connectivity index (χ3v) is 4.99. The Labute approximate surface area is 164 Å². The summed E-state index contributed by atoms with van der Waals surface area (Å²) < 4.78 is 5.92. The summed E-state index contributed by atoms with van der Waals surface area (Å²) in [5.74, 6) is 1.43. The number of likely N-dealkylation sites (tertiary alicyclic amines) is 1. The fourth-order valence-electron chi connectivity index (χ4n) is 3.47. The van der Waals surface area contributed by atoms with Gasteiger partial charge in [0, 0.05) is 43.2 Å². The van der Waals surface area contributed by atoms with E-state index in [4.69, 9.17) is 4.74 Å². The van der Waals surface area contributed by atoms with E-state index in [2.05, 4.69) is 15.0 Å². The summed E-state index contributed by atoms with van der Waals surface area (Å²) in [4.78, 5) is 27.6. The molecule has 6 heteroatoms. The van der Waals surface area contributed by atoms with Crippen LogP contribution >= 0.6 is 0 Å². The predicted octanol–water partition coefficient (Wildman–Crippen LogP) is 3.99. The summed E-state index contributed by atoms with van der Waals surface area (Å²) in [6.07, 6.45) is 8.60. The second-order valence-electron chi connectivity index (χ2n) is 6.98. The van der Waals surface area contributed by atoms with E-state index in [0.717, 1.165) is 36.4 Å². The minimum absolute atomic E-state index is 0.0346. The van der Waals surface area contributed by atoms with Gasteiger partial charge in [-0.2, -0.15) is 0 Å². The molecule has 3 heterocycles. The molecule has 0 radical (unpaired) electrons. The zero-order valence-electron chi connectivity index (χ0n) is 15.8. The molecule has 0 bridgehead atoms. The first-order chi connectivity index (χ1) is 13.7. The summed E-state index contributed by atoms with van der Waals surface area (Å²) in [5.41, 5.74) is 2.57. The van der Waals surface area contributed by atoms with Crippen molar-refractivity contribution in [2.24, 2.45) is 0 Å². The Hall–Kier alpha value is -3.28. The lowest BCUT2D eigenvalue weighted by molar-refractivity contribution is 0.0705. The lowest BCUT2D eigenvalue weighted by Crippen LogP contribution is -2.39. The predicted molar refractivity (Wildman–Crippen MR) is 105 cm³/mol. The smallest absolute Gasteiger partial charge is 0.253 e. The van der Waals surface area contributed by atoms with E-state index in [1.165, 1.54) is 0 Å². The van der Waals surface area contributed by atoms with Crippen LogP contribution in [0.15, 0.2) is 61.2 Å². The maximum Gasteiger partial charge on any atom is 0.253 e. The van der Waals surface area contributed by atoms with Crippen molar-refractivity contribution < 1.29 is 9.53 Å². The number of piperidine rings is 1. The Bertz CT molecular complexity index is 962. The molecule has 1 atom stereocenters. The van der Waals surface area contributed by atoms with Gasteiger partial charge in [-0.05, 0) is 43.5 Å². The standard InChI is InChI=1S/C22H22N4O2/c1-16-5-2-3-7-20(16)28-21-14-24-13-19(25-21)18-6-4-12-26(15-18)22(27)17-8-10-23-11-9-17/h2-3,5,7-11,13-14,18H,4,6,12,15H2,1H3. The molecule has 2 aromatic heterocycles. The first kappa shape index (κ1) is 18.1. The molecule has 1 aromatic carbocycles. The number of benzene rings is 1. The third-order valence-electron chi connectivity index (χ3n) is 4.99. The van der Waals surface area contributed by atoms with E-state index in [1.54, 1.807) is 36.9 Å². The van der Waals surface area contributed by atoms with Crippen molar-refractivity contribution in [3.8, 4) is 11.6 Å². The lowest BCUT2D eigenvalue weighted by Gasteiger charge is -2.32. The fraction of sp³-hybridized carbons (Fsp3) is 0.273. The van der Waals surface area contributed by atoms with E-state index in [0.29, 0.717) is 18.0 Å². The Kier molecular flexibility index (Phi) is 5.28. The average Bonchev–Trinajstić information content (AvgIpc) is 2.76. The molecular formula is C22H22N4O2. The van der Waals surface area contributed by atoms with Gasteiger partial charge in [0.05, 0.1) is 11.9 Å². The molecule has 142 valence electrons. The number of nitrogens with zero attached hydrogens (tertiary/aromatic N) is 4. The first-order valence-electron chi connectivity index (χ1n) is 9.45. The second kappa shape index (κ2) is 8.17. The van der Waals surface area contributed by atoms with E-state index >= 15 is 0 Å². The van der Waals surface area contributed by atoms with Crippen molar-refractivity contribution in [1.82, 2.24) is 19.9 Å². The largest absolute Gasteiger partial charge is 0.437 e. The van der Waals surface area contributed by atoms with Gasteiger partial charge < -0.3 is 9.64 Å². The van der Waals surface area contributed by atoms with Crippen molar-refractivity contribution in [3.05, 3.63) is 78.0 Å². The van der Waals surface area contributed by atoms with Crippen molar-refractivity contribution >= 4 is 5.91 Å².